The Kier molecular flexibility index (Phi) is 9.90. The van der Waals surface area contributed by atoms with Gasteiger partial charge in [0.1, 0.15) is 11.9 Å². The van der Waals surface area contributed by atoms with Crippen molar-refractivity contribution < 1.29 is 32.6 Å². The van der Waals surface area contributed by atoms with Gasteiger partial charge in [0.25, 0.3) is 5.91 Å². The van der Waals surface area contributed by atoms with Gasteiger partial charge >= 0.3 is 6.18 Å². The van der Waals surface area contributed by atoms with Gasteiger partial charge in [-0.15, -0.1) is 0 Å². The summed E-state index contributed by atoms with van der Waals surface area (Å²) in [6, 6.07) is 18.9. The molecule has 7 nitrogen and oxygen atoms in total. The van der Waals surface area contributed by atoms with E-state index in [-0.39, 0.29) is 42.4 Å². The van der Waals surface area contributed by atoms with Crippen LogP contribution in [0.25, 0.3) is 0 Å². The molecule has 224 valence electrons. The molecule has 0 aliphatic carbocycles. The molecule has 3 aromatic rings. The van der Waals surface area contributed by atoms with Crippen LogP contribution in [0.2, 0.25) is 0 Å². The zero-order valence-corrected chi connectivity index (χ0v) is 23.9. The molecule has 0 saturated heterocycles. The van der Waals surface area contributed by atoms with Crippen LogP contribution in [0.5, 0.6) is 5.75 Å². The van der Waals surface area contributed by atoms with Crippen LogP contribution < -0.4 is 10.1 Å². The van der Waals surface area contributed by atoms with Gasteiger partial charge in [-0.1, -0.05) is 49.4 Å². The SMILES string of the molecule is C[C@H]1CN([C@@H](C)CO)C(=O)c2cc(NC(=O)Cc3ccccc3)ccc2O[C@H]1CN(C)Cc1ccc(C(F)(F)F)cc1. The molecule has 3 aromatic carbocycles. The summed E-state index contributed by atoms with van der Waals surface area (Å²) in [5, 5.41) is 12.8. The number of hydrogen-bond acceptors (Lipinski definition) is 5. The minimum atomic E-state index is -4.39. The van der Waals surface area contributed by atoms with Gasteiger partial charge in [-0.05, 0) is 55.4 Å². The number of likely N-dealkylation sites (N-methyl/N-ethyl adjacent to an activating group) is 1. The minimum absolute atomic E-state index is 0.128. The monoisotopic (exact) mass is 583 g/mol. The van der Waals surface area contributed by atoms with Crippen LogP contribution in [0.3, 0.4) is 0 Å². The molecule has 1 aliphatic rings. The van der Waals surface area contributed by atoms with Gasteiger partial charge in [0.2, 0.25) is 5.91 Å². The highest BCUT2D eigenvalue weighted by Crippen LogP contribution is 2.32. The van der Waals surface area contributed by atoms with Crippen LogP contribution in [0.4, 0.5) is 18.9 Å². The minimum Gasteiger partial charge on any atom is -0.488 e. The summed E-state index contributed by atoms with van der Waals surface area (Å²) < 4.78 is 45.3. The van der Waals surface area contributed by atoms with E-state index in [1.54, 1.807) is 30.0 Å². The summed E-state index contributed by atoms with van der Waals surface area (Å²) in [6.45, 7) is 4.67. The fourth-order valence-electron chi connectivity index (χ4n) is 4.99. The first-order chi connectivity index (χ1) is 19.9. The lowest BCUT2D eigenvalue weighted by atomic mass is 9.99. The van der Waals surface area contributed by atoms with Crippen molar-refractivity contribution in [1.82, 2.24) is 9.80 Å². The Balaban J connectivity index is 1.53. The number of carbonyl (C=O) groups excluding carboxylic acids is 2. The molecule has 0 unspecified atom stereocenters. The molecule has 0 saturated carbocycles. The molecule has 4 rings (SSSR count). The van der Waals surface area contributed by atoms with Crippen molar-refractivity contribution in [2.45, 2.75) is 45.1 Å². The predicted molar refractivity (Wildman–Crippen MR) is 154 cm³/mol. The number of halogens is 3. The first-order valence-corrected chi connectivity index (χ1v) is 13.9. The molecule has 0 fully saturated rings. The number of amides is 2. The summed E-state index contributed by atoms with van der Waals surface area (Å²) in [7, 11) is 1.86. The Labute approximate surface area is 243 Å². The molecule has 0 spiro atoms. The third-order valence-corrected chi connectivity index (χ3v) is 7.38. The second-order valence-corrected chi connectivity index (χ2v) is 10.9. The average molecular weight is 584 g/mol. The zero-order chi connectivity index (χ0) is 30.4. The number of hydrogen-bond donors (Lipinski definition) is 2. The average Bonchev–Trinajstić information content (AvgIpc) is 2.95. The molecule has 1 aliphatic heterocycles. The first kappa shape index (κ1) is 31.1. The lowest BCUT2D eigenvalue weighted by Gasteiger charge is -2.38. The summed E-state index contributed by atoms with van der Waals surface area (Å²) in [4.78, 5) is 29.9. The van der Waals surface area contributed by atoms with E-state index in [1.807, 2.05) is 49.2 Å². The Morgan fingerprint density at radius 2 is 1.79 bits per heavy atom. The first-order valence-electron chi connectivity index (χ1n) is 13.9. The van der Waals surface area contributed by atoms with Crippen molar-refractivity contribution in [3.8, 4) is 5.75 Å². The van der Waals surface area contributed by atoms with Crippen LogP contribution in [0.1, 0.15) is 40.9 Å². The van der Waals surface area contributed by atoms with Crippen LogP contribution >= 0.6 is 0 Å². The lowest BCUT2D eigenvalue weighted by Crippen LogP contribution is -2.49. The van der Waals surface area contributed by atoms with Crippen molar-refractivity contribution in [2.24, 2.45) is 5.92 Å². The molecule has 1 heterocycles. The molecular formula is C32H36F3N3O4. The molecule has 0 aromatic heterocycles. The van der Waals surface area contributed by atoms with E-state index in [9.17, 15) is 27.9 Å². The summed E-state index contributed by atoms with van der Waals surface area (Å²) in [6.07, 6.45) is -4.58. The van der Waals surface area contributed by atoms with Crippen molar-refractivity contribution in [3.05, 3.63) is 95.1 Å². The van der Waals surface area contributed by atoms with E-state index >= 15 is 0 Å². The van der Waals surface area contributed by atoms with E-state index in [0.29, 0.717) is 31.1 Å². The number of carbonyl (C=O) groups is 2. The highest BCUT2D eigenvalue weighted by Gasteiger charge is 2.34. The Morgan fingerprint density at radius 1 is 1.10 bits per heavy atom. The standard InChI is InChI=1S/C32H36F3N3O4/c1-21-17-38(22(2)20-39)31(41)27-16-26(36-30(40)15-23-7-5-4-6-8-23)13-14-28(27)42-29(21)19-37(3)18-24-9-11-25(12-10-24)32(33,34)35/h4-14,16,21-22,29,39H,15,17-20H2,1-3H3,(H,36,40)/t21-,22-,29-/m0/s1. The molecule has 2 N–H and O–H groups in total. The van der Waals surface area contributed by atoms with Crippen molar-refractivity contribution in [3.63, 3.8) is 0 Å². The highest BCUT2D eigenvalue weighted by molar-refractivity contribution is 6.00. The topological polar surface area (TPSA) is 82.1 Å². The quantitative estimate of drug-likeness (QED) is 0.360. The highest BCUT2D eigenvalue weighted by atomic mass is 19.4. The van der Waals surface area contributed by atoms with E-state index in [0.717, 1.165) is 23.3 Å². The number of ether oxygens (including phenoxy) is 1. The maximum Gasteiger partial charge on any atom is 0.416 e. The lowest BCUT2D eigenvalue weighted by molar-refractivity contribution is -0.137. The van der Waals surface area contributed by atoms with Gasteiger partial charge in [-0.3, -0.25) is 14.5 Å². The zero-order valence-electron chi connectivity index (χ0n) is 23.9. The Bertz CT molecular complexity index is 1370. The van der Waals surface area contributed by atoms with Crippen molar-refractivity contribution in [2.75, 3.05) is 32.1 Å². The van der Waals surface area contributed by atoms with Gasteiger partial charge in [0, 0.05) is 31.2 Å². The van der Waals surface area contributed by atoms with Gasteiger partial charge in [0.05, 0.1) is 30.2 Å². The number of anilines is 1. The number of aliphatic hydroxyl groups is 1. The predicted octanol–water partition coefficient (Wildman–Crippen LogP) is 5.24. The smallest absolute Gasteiger partial charge is 0.416 e. The summed E-state index contributed by atoms with van der Waals surface area (Å²) in [5.41, 5.74) is 1.62. The van der Waals surface area contributed by atoms with Gasteiger partial charge in [0.15, 0.2) is 0 Å². The van der Waals surface area contributed by atoms with Crippen molar-refractivity contribution >= 4 is 17.5 Å². The third kappa shape index (κ3) is 7.89. The van der Waals surface area contributed by atoms with E-state index < -0.39 is 17.8 Å². The number of rotatable bonds is 9. The Morgan fingerprint density at radius 3 is 2.43 bits per heavy atom. The summed E-state index contributed by atoms with van der Waals surface area (Å²) in [5.74, 6) is -0.307. The molecule has 10 heteroatoms. The molecule has 42 heavy (non-hydrogen) atoms. The van der Waals surface area contributed by atoms with E-state index in [4.69, 9.17) is 4.74 Å². The normalized spacial score (nSPS) is 18.1. The number of aliphatic hydroxyl groups excluding tert-OH is 1. The fraction of sp³-hybridized carbons (Fsp3) is 0.375. The number of alkyl halides is 3. The molecule has 0 radical (unpaired) electrons. The molecule has 2 amide bonds. The van der Waals surface area contributed by atoms with Gasteiger partial charge in [-0.2, -0.15) is 13.2 Å². The van der Waals surface area contributed by atoms with Crippen LogP contribution in [-0.4, -0.2) is 65.6 Å². The van der Waals surface area contributed by atoms with Crippen molar-refractivity contribution in [1.29, 1.82) is 0 Å². The maximum atomic E-state index is 13.7. The maximum absolute atomic E-state index is 13.7. The second kappa shape index (κ2) is 13.4. The largest absolute Gasteiger partial charge is 0.488 e. The molecule has 3 atom stereocenters. The number of benzene rings is 3. The number of fused-ring (bicyclic) bond motifs is 1. The molecular weight excluding hydrogens is 547 g/mol. The van der Waals surface area contributed by atoms with Crippen LogP contribution in [-0.2, 0) is 23.9 Å². The third-order valence-electron chi connectivity index (χ3n) is 7.38. The van der Waals surface area contributed by atoms with E-state index in [1.165, 1.54) is 12.1 Å². The van der Waals surface area contributed by atoms with E-state index in [2.05, 4.69) is 5.32 Å². The number of nitrogens with zero attached hydrogens (tertiary/aromatic N) is 2. The summed E-state index contributed by atoms with van der Waals surface area (Å²) >= 11 is 0. The Hall–Kier alpha value is -3.89. The van der Waals surface area contributed by atoms with Gasteiger partial charge < -0.3 is 20.1 Å². The number of nitrogens with one attached hydrogen (secondary N) is 1. The van der Waals surface area contributed by atoms with Gasteiger partial charge in [-0.25, -0.2) is 0 Å². The molecule has 0 bridgehead atoms. The fourth-order valence-corrected chi connectivity index (χ4v) is 4.99. The second-order valence-electron chi connectivity index (χ2n) is 10.9. The van der Waals surface area contributed by atoms with Crippen LogP contribution in [0.15, 0.2) is 72.8 Å². The van der Waals surface area contributed by atoms with Crippen LogP contribution in [0, 0.1) is 5.92 Å².